The maximum Gasteiger partial charge on any atom is 0.143 e. The quantitative estimate of drug-likeness (QED) is 0.189. The van der Waals surface area contributed by atoms with E-state index in [0.29, 0.717) is 0 Å². The molecular formula is C43H26N2O2S. The van der Waals surface area contributed by atoms with E-state index in [1.807, 2.05) is 24.3 Å². The molecule has 3 aromatic heterocycles. The highest BCUT2D eigenvalue weighted by atomic mass is 32.1. The molecule has 0 spiro atoms. The molecule has 10 rings (SSSR count). The molecular weight excluding hydrogens is 609 g/mol. The van der Waals surface area contributed by atoms with Gasteiger partial charge in [0, 0.05) is 50.4 Å². The van der Waals surface area contributed by atoms with Crippen LogP contribution in [0.1, 0.15) is 0 Å². The lowest BCUT2D eigenvalue weighted by Gasteiger charge is -2.25. The molecule has 0 atom stereocenters. The molecule has 0 aliphatic rings. The molecule has 0 amide bonds. The number of nitrogens with zero attached hydrogens (tertiary/aromatic N) is 2. The zero-order valence-corrected chi connectivity index (χ0v) is 26.4. The molecule has 0 N–H and O–H groups in total. The van der Waals surface area contributed by atoms with Crippen molar-refractivity contribution in [2.24, 2.45) is 0 Å². The van der Waals surface area contributed by atoms with Gasteiger partial charge in [0.25, 0.3) is 0 Å². The van der Waals surface area contributed by atoms with E-state index in [-0.39, 0.29) is 0 Å². The summed E-state index contributed by atoms with van der Waals surface area (Å²) in [6.45, 7) is 0. The van der Waals surface area contributed by atoms with Gasteiger partial charge < -0.3 is 13.7 Å². The lowest BCUT2D eigenvalue weighted by Crippen LogP contribution is -2.09. The monoisotopic (exact) mass is 634 g/mol. The molecule has 0 radical (unpaired) electrons. The molecule has 48 heavy (non-hydrogen) atoms. The molecule has 0 saturated heterocycles. The first-order chi connectivity index (χ1) is 23.8. The van der Waals surface area contributed by atoms with E-state index in [4.69, 9.17) is 13.8 Å². The summed E-state index contributed by atoms with van der Waals surface area (Å²) in [5.74, 6) is 0. The number of fused-ring (bicyclic) bond motifs is 8. The maximum atomic E-state index is 6.51. The van der Waals surface area contributed by atoms with Crippen LogP contribution in [-0.4, -0.2) is 4.98 Å². The summed E-state index contributed by atoms with van der Waals surface area (Å²) >= 11 is 1.71. The van der Waals surface area contributed by atoms with Crippen LogP contribution in [0, 0.1) is 0 Å². The molecule has 0 unspecified atom stereocenters. The average molecular weight is 635 g/mol. The third-order valence-electron chi connectivity index (χ3n) is 9.11. The molecule has 0 saturated carbocycles. The first-order valence-electron chi connectivity index (χ1n) is 16.0. The van der Waals surface area contributed by atoms with Crippen molar-refractivity contribution in [1.29, 1.82) is 0 Å². The fourth-order valence-corrected chi connectivity index (χ4v) is 7.85. The van der Waals surface area contributed by atoms with Gasteiger partial charge in [0.1, 0.15) is 27.3 Å². The van der Waals surface area contributed by atoms with E-state index in [9.17, 15) is 0 Å². The summed E-state index contributed by atoms with van der Waals surface area (Å²) in [6, 6.07) is 54.8. The summed E-state index contributed by atoms with van der Waals surface area (Å²) in [6.07, 6.45) is 0. The number of para-hydroxylation sites is 3. The van der Waals surface area contributed by atoms with Crippen LogP contribution in [0.25, 0.3) is 75.8 Å². The summed E-state index contributed by atoms with van der Waals surface area (Å²) in [4.78, 5) is 7.36. The molecule has 7 aromatic carbocycles. The lowest BCUT2D eigenvalue weighted by atomic mass is 10.0. The Labute approximate surface area is 279 Å². The Balaban J connectivity index is 1.08. The highest BCUT2D eigenvalue weighted by molar-refractivity contribution is 7.21. The van der Waals surface area contributed by atoms with Crippen LogP contribution in [0.4, 0.5) is 17.1 Å². The molecule has 5 heteroatoms. The van der Waals surface area contributed by atoms with Crippen molar-refractivity contribution >= 4 is 82.5 Å². The minimum Gasteiger partial charge on any atom is -0.456 e. The largest absolute Gasteiger partial charge is 0.456 e. The highest BCUT2D eigenvalue weighted by Crippen LogP contribution is 2.43. The van der Waals surface area contributed by atoms with Crippen molar-refractivity contribution in [1.82, 2.24) is 4.98 Å². The maximum absolute atomic E-state index is 6.51. The van der Waals surface area contributed by atoms with E-state index in [0.717, 1.165) is 92.9 Å². The Hall–Kier alpha value is -6.17. The summed E-state index contributed by atoms with van der Waals surface area (Å²) < 4.78 is 14.0. The van der Waals surface area contributed by atoms with E-state index in [2.05, 4.69) is 138 Å². The van der Waals surface area contributed by atoms with Gasteiger partial charge in [-0.05, 0) is 60.2 Å². The predicted octanol–water partition coefficient (Wildman–Crippen LogP) is 12.9. The van der Waals surface area contributed by atoms with Crippen LogP contribution in [0.3, 0.4) is 0 Å². The Morgan fingerprint density at radius 3 is 2.06 bits per heavy atom. The van der Waals surface area contributed by atoms with Crippen LogP contribution in [0.5, 0.6) is 0 Å². The second-order valence-electron chi connectivity index (χ2n) is 12.0. The first kappa shape index (κ1) is 27.0. The third-order valence-corrected chi connectivity index (χ3v) is 10.2. The van der Waals surface area contributed by atoms with Gasteiger partial charge >= 0.3 is 0 Å². The molecule has 4 nitrogen and oxygen atoms in total. The van der Waals surface area contributed by atoms with E-state index in [1.54, 1.807) is 11.3 Å². The minimum absolute atomic E-state index is 0.832. The van der Waals surface area contributed by atoms with Gasteiger partial charge in [0.05, 0.1) is 15.6 Å². The molecule has 0 fully saturated rings. The van der Waals surface area contributed by atoms with Crippen molar-refractivity contribution in [3.63, 3.8) is 0 Å². The standard InChI is InChI=1S/C43H26N2O2S/c1-3-10-28(11-4-1)43-44-41-39(48-43)25-24-37-40(41)35-23-22-31(26-38(35)46-37)45(29-12-5-2-6-13-29)30-20-18-27(19-21-30)32-15-9-16-34-33-14-7-8-17-36(33)47-42(32)34/h1-26H. The van der Waals surface area contributed by atoms with Gasteiger partial charge in [-0.2, -0.15) is 0 Å². The number of anilines is 3. The lowest BCUT2D eigenvalue weighted by molar-refractivity contribution is 0.669. The van der Waals surface area contributed by atoms with Crippen LogP contribution in [0.15, 0.2) is 167 Å². The fraction of sp³-hybridized carbons (Fsp3) is 0. The van der Waals surface area contributed by atoms with Crippen molar-refractivity contribution in [2.45, 2.75) is 0 Å². The molecule has 226 valence electrons. The topological polar surface area (TPSA) is 42.4 Å². The zero-order chi connectivity index (χ0) is 31.6. The Bertz CT molecular complexity index is 2780. The smallest absolute Gasteiger partial charge is 0.143 e. The second-order valence-corrected chi connectivity index (χ2v) is 13.0. The van der Waals surface area contributed by atoms with Crippen molar-refractivity contribution in [3.8, 4) is 21.7 Å². The van der Waals surface area contributed by atoms with Crippen LogP contribution >= 0.6 is 11.3 Å². The van der Waals surface area contributed by atoms with Crippen molar-refractivity contribution in [2.75, 3.05) is 4.90 Å². The number of thiazole rings is 1. The second kappa shape index (κ2) is 10.7. The van der Waals surface area contributed by atoms with Gasteiger partial charge in [0.2, 0.25) is 0 Å². The third kappa shape index (κ3) is 4.25. The minimum atomic E-state index is 0.832. The zero-order valence-electron chi connectivity index (χ0n) is 25.6. The normalized spacial score (nSPS) is 11.8. The van der Waals surface area contributed by atoms with Crippen LogP contribution in [0.2, 0.25) is 0 Å². The summed E-state index contributed by atoms with van der Waals surface area (Å²) in [7, 11) is 0. The number of benzene rings is 7. The Morgan fingerprint density at radius 1 is 0.479 bits per heavy atom. The molecule has 0 aliphatic heterocycles. The Kier molecular flexibility index (Phi) is 6.01. The Morgan fingerprint density at radius 2 is 1.21 bits per heavy atom. The summed E-state index contributed by atoms with van der Waals surface area (Å²) in [5.41, 5.74) is 10.9. The number of hydrogen-bond acceptors (Lipinski definition) is 5. The van der Waals surface area contributed by atoms with Crippen molar-refractivity contribution in [3.05, 3.63) is 158 Å². The number of rotatable bonds is 5. The van der Waals surface area contributed by atoms with Gasteiger partial charge in [0.15, 0.2) is 0 Å². The SMILES string of the molecule is c1ccc(-c2nc3c(ccc4oc5cc(N(c6ccccc6)c6ccc(-c7cccc8c7oc7ccccc78)cc6)ccc5c43)s2)cc1. The van der Waals surface area contributed by atoms with Gasteiger partial charge in [-0.25, -0.2) is 4.98 Å². The number of hydrogen-bond donors (Lipinski definition) is 0. The molecule has 10 aromatic rings. The van der Waals surface area contributed by atoms with E-state index < -0.39 is 0 Å². The van der Waals surface area contributed by atoms with Crippen LogP contribution in [-0.2, 0) is 0 Å². The van der Waals surface area contributed by atoms with Crippen LogP contribution < -0.4 is 4.90 Å². The van der Waals surface area contributed by atoms with Crippen molar-refractivity contribution < 1.29 is 8.83 Å². The first-order valence-corrected chi connectivity index (χ1v) is 16.8. The highest BCUT2D eigenvalue weighted by Gasteiger charge is 2.19. The van der Waals surface area contributed by atoms with E-state index >= 15 is 0 Å². The number of furan rings is 2. The molecule has 3 heterocycles. The van der Waals surface area contributed by atoms with Gasteiger partial charge in [-0.3, -0.25) is 0 Å². The molecule has 0 bridgehead atoms. The average Bonchev–Trinajstić information content (AvgIpc) is 3.86. The summed E-state index contributed by atoms with van der Waals surface area (Å²) in [5, 5.41) is 5.39. The predicted molar refractivity (Wildman–Crippen MR) is 200 cm³/mol. The fourth-order valence-electron chi connectivity index (χ4n) is 6.87. The number of aromatic nitrogens is 1. The van der Waals surface area contributed by atoms with E-state index in [1.165, 1.54) is 0 Å². The van der Waals surface area contributed by atoms with Gasteiger partial charge in [-0.1, -0.05) is 97.1 Å². The molecule has 0 aliphatic carbocycles. The van der Waals surface area contributed by atoms with Gasteiger partial charge in [-0.15, -0.1) is 11.3 Å².